The van der Waals surface area contributed by atoms with Crippen molar-refractivity contribution in [2.75, 3.05) is 6.54 Å². The third-order valence-electron chi connectivity index (χ3n) is 4.93. The Morgan fingerprint density at radius 2 is 1.63 bits per heavy atom. The van der Waals surface area contributed by atoms with Gasteiger partial charge in [0.05, 0.1) is 25.4 Å². The molecule has 0 fully saturated rings. The van der Waals surface area contributed by atoms with E-state index in [2.05, 4.69) is 20.9 Å². The number of carboxylic acids is 2. The first kappa shape index (κ1) is 26.8. The SMILES string of the molecule is NC(=O)CC(NC(=O)C(Cc1c[nH]c2ccccc12)NC(=O)CNC(=O)C(N)CC(=O)O)C(=O)O. The van der Waals surface area contributed by atoms with Gasteiger partial charge in [0.15, 0.2) is 0 Å². The fraction of sp³-hybridized carbons (Fsp3) is 0.333. The summed E-state index contributed by atoms with van der Waals surface area (Å²) in [6, 6.07) is 2.88. The largest absolute Gasteiger partial charge is 0.481 e. The number of carbonyl (C=O) groups excluding carboxylic acids is 4. The molecular weight excluding hydrogens is 464 g/mol. The highest BCUT2D eigenvalue weighted by Crippen LogP contribution is 2.19. The Labute approximate surface area is 198 Å². The fourth-order valence-corrected chi connectivity index (χ4v) is 3.23. The van der Waals surface area contributed by atoms with E-state index >= 15 is 0 Å². The molecule has 0 radical (unpaired) electrons. The maximum atomic E-state index is 12.9. The van der Waals surface area contributed by atoms with Crippen LogP contribution in [0.4, 0.5) is 0 Å². The normalized spacial score (nSPS) is 13.3. The van der Waals surface area contributed by atoms with Crippen LogP contribution in [-0.2, 0) is 35.2 Å². The Morgan fingerprint density at radius 1 is 0.943 bits per heavy atom. The van der Waals surface area contributed by atoms with Gasteiger partial charge in [-0.3, -0.25) is 24.0 Å². The summed E-state index contributed by atoms with van der Waals surface area (Å²) >= 11 is 0. The summed E-state index contributed by atoms with van der Waals surface area (Å²) < 4.78 is 0. The summed E-state index contributed by atoms with van der Waals surface area (Å²) in [5.74, 6) is -6.33. The van der Waals surface area contributed by atoms with Gasteiger partial charge in [-0.05, 0) is 11.6 Å². The molecule has 0 saturated heterocycles. The van der Waals surface area contributed by atoms with Crippen molar-refractivity contribution in [1.82, 2.24) is 20.9 Å². The lowest BCUT2D eigenvalue weighted by Gasteiger charge is -2.21. The van der Waals surface area contributed by atoms with E-state index in [-0.39, 0.29) is 6.42 Å². The topological polar surface area (TPSA) is 247 Å². The van der Waals surface area contributed by atoms with Crippen molar-refractivity contribution in [2.24, 2.45) is 11.5 Å². The minimum atomic E-state index is -1.61. The lowest BCUT2D eigenvalue weighted by Crippen LogP contribution is -2.55. The number of amides is 4. The summed E-state index contributed by atoms with van der Waals surface area (Å²) in [4.78, 5) is 73.4. The van der Waals surface area contributed by atoms with Gasteiger partial charge in [0.25, 0.3) is 0 Å². The Balaban J connectivity index is 2.16. The van der Waals surface area contributed by atoms with Gasteiger partial charge in [0, 0.05) is 23.5 Å². The van der Waals surface area contributed by atoms with Crippen molar-refractivity contribution >= 4 is 46.5 Å². The van der Waals surface area contributed by atoms with Gasteiger partial charge in [-0.25, -0.2) is 4.79 Å². The lowest BCUT2D eigenvalue weighted by atomic mass is 10.0. The van der Waals surface area contributed by atoms with Gasteiger partial charge < -0.3 is 42.6 Å². The average molecular weight is 490 g/mol. The van der Waals surface area contributed by atoms with Crippen molar-refractivity contribution in [3.05, 3.63) is 36.0 Å². The minimum Gasteiger partial charge on any atom is -0.481 e. The second-order valence-corrected chi connectivity index (χ2v) is 7.68. The molecule has 0 spiro atoms. The molecule has 0 bridgehead atoms. The Kier molecular flexibility index (Phi) is 9.28. The molecule has 188 valence electrons. The maximum Gasteiger partial charge on any atom is 0.326 e. The van der Waals surface area contributed by atoms with Crippen molar-refractivity contribution < 1.29 is 39.0 Å². The highest BCUT2D eigenvalue weighted by Gasteiger charge is 2.29. The average Bonchev–Trinajstić information content (AvgIpc) is 3.18. The van der Waals surface area contributed by atoms with Gasteiger partial charge >= 0.3 is 11.9 Å². The Morgan fingerprint density at radius 3 is 2.26 bits per heavy atom. The van der Waals surface area contributed by atoms with Crippen LogP contribution in [0.5, 0.6) is 0 Å². The molecular formula is C21H26N6O8. The van der Waals surface area contributed by atoms with Gasteiger partial charge in [-0.2, -0.15) is 0 Å². The van der Waals surface area contributed by atoms with Crippen LogP contribution >= 0.6 is 0 Å². The second-order valence-electron chi connectivity index (χ2n) is 7.68. The molecule has 3 unspecified atom stereocenters. The van der Waals surface area contributed by atoms with E-state index < -0.39 is 73.1 Å². The number of para-hydroxylation sites is 1. The number of hydrogen-bond donors (Lipinski definition) is 8. The maximum absolute atomic E-state index is 12.9. The van der Waals surface area contributed by atoms with Crippen LogP contribution in [0.15, 0.2) is 30.5 Å². The lowest BCUT2D eigenvalue weighted by molar-refractivity contribution is -0.143. The van der Waals surface area contributed by atoms with Gasteiger partial charge in [0.2, 0.25) is 23.6 Å². The number of carbonyl (C=O) groups is 6. The smallest absolute Gasteiger partial charge is 0.326 e. The van der Waals surface area contributed by atoms with Crippen LogP contribution in [0.3, 0.4) is 0 Å². The van der Waals surface area contributed by atoms with Crippen LogP contribution in [0.25, 0.3) is 10.9 Å². The summed E-state index contributed by atoms with van der Waals surface area (Å²) in [6.45, 7) is -0.618. The highest BCUT2D eigenvalue weighted by atomic mass is 16.4. The second kappa shape index (κ2) is 12.1. The standard InChI is InChI=1S/C21H26N6O8/c22-12(6-18(30)31)19(32)25-9-17(29)26-14(20(33)27-15(21(34)35)7-16(23)28)5-10-8-24-13-4-2-1-3-11(10)13/h1-4,8,12,14-15,24H,5-7,9,22H2,(H2,23,28)(H,25,32)(H,26,29)(H,27,33)(H,30,31)(H,34,35). The molecule has 0 saturated carbocycles. The zero-order valence-electron chi connectivity index (χ0n) is 18.4. The van der Waals surface area contributed by atoms with E-state index in [4.69, 9.17) is 16.6 Å². The van der Waals surface area contributed by atoms with E-state index in [1.54, 1.807) is 30.5 Å². The number of primary amides is 1. The Bertz CT molecular complexity index is 1130. The van der Waals surface area contributed by atoms with Crippen molar-refractivity contribution in [3.63, 3.8) is 0 Å². The zero-order chi connectivity index (χ0) is 26.1. The number of hydrogen-bond acceptors (Lipinski definition) is 7. The number of benzene rings is 1. The molecule has 4 amide bonds. The third kappa shape index (κ3) is 8.12. The minimum absolute atomic E-state index is 0.0586. The fourth-order valence-electron chi connectivity index (χ4n) is 3.23. The van der Waals surface area contributed by atoms with Crippen LogP contribution in [0.1, 0.15) is 18.4 Å². The van der Waals surface area contributed by atoms with E-state index in [1.807, 2.05) is 0 Å². The van der Waals surface area contributed by atoms with Gasteiger partial charge in [-0.1, -0.05) is 18.2 Å². The molecule has 14 heteroatoms. The number of H-pyrrole nitrogens is 1. The molecule has 2 aromatic rings. The molecule has 0 aliphatic heterocycles. The molecule has 14 nitrogen and oxygen atoms in total. The number of nitrogens with two attached hydrogens (primary N) is 2. The zero-order valence-corrected chi connectivity index (χ0v) is 18.4. The van der Waals surface area contributed by atoms with Crippen LogP contribution < -0.4 is 27.4 Å². The molecule has 0 aliphatic carbocycles. The third-order valence-corrected chi connectivity index (χ3v) is 4.93. The number of carboxylic acid groups (broad SMARTS) is 2. The summed E-state index contributed by atoms with van der Waals surface area (Å²) in [5.41, 5.74) is 11.9. The molecule has 35 heavy (non-hydrogen) atoms. The van der Waals surface area contributed by atoms with Gasteiger partial charge in [-0.15, -0.1) is 0 Å². The number of fused-ring (bicyclic) bond motifs is 1. The summed E-state index contributed by atoms with van der Waals surface area (Å²) in [5, 5.41) is 25.5. The van der Waals surface area contributed by atoms with Crippen LogP contribution in [0, 0.1) is 0 Å². The molecule has 1 aromatic carbocycles. The number of aliphatic carboxylic acids is 2. The molecule has 2 rings (SSSR count). The first-order chi connectivity index (χ1) is 16.5. The van der Waals surface area contributed by atoms with E-state index in [0.29, 0.717) is 5.56 Å². The predicted octanol–water partition coefficient (Wildman–Crippen LogP) is -2.44. The number of nitrogens with one attached hydrogen (secondary N) is 4. The number of rotatable bonds is 13. The van der Waals surface area contributed by atoms with E-state index in [9.17, 15) is 33.9 Å². The first-order valence-corrected chi connectivity index (χ1v) is 10.4. The first-order valence-electron chi connectivity index (χ1n) is 10.4. The van der Waals surface area contributed by atoms with Gasteiger partial charge in [0.1, 0.15) is 12.1 Å². The van der Waals surface area contributed by atoms with Crippen molar-refractivity contribution in [2.45, 2.75) is 37.4 Å². The summed E-state index contributed by atoms with van der Waals surface area (Å²) in [7, 11) is 0. The van der Waals surface area contributed by atoms with E-state index in [0.717, 1.165) is 10.9 Å². The molecule has 1 heterocycles. The van der Waals surface area contributed by atoms with Crippen molar-refractivity contribution in [3.8, 4) is 0 Å². The number of aromatic amines is 1. The summed E-state index contributed by atoms with van der Waals surface area (Å²) in [6.07, 6.45) is 0.265. The van der Waals surface area contributed by atoms with Crippen molar-refractivity contribution in [1.29, 1.82) is 0 Å². The van der Waals surface area contributed by atoms with Crippen LogP contribution in [0.2, 0.25) is 0 Å². The number of aromatic nitrogens is 1. The van der Waals surface area contributed by atoms with Crippen LogP contribution in [-0.4, -0.2) is 75.4 Å². The molecule has 1 aromatic heterocycles. The molecule has 3 atom stereocenters. The highest BCUT2D eigenvalue weighted by molar-refractivity contribution is 5.94. The monoisotopic (exact) mass is 490 g/mol. The Hall–Kier alpha value is -4.46. The van der Waals surface area contributed by atoms with E-state index in [1.165, 1.54) is 0 Å². The quantitative estimate of drug-likeness (QED) is 0.148. The predicted molar refractivity (Wildman–Crippen MR) is 121 cm³/mol. The molecule has 0 aliphatic rings. The molecule has 10 N–H and O–H groups in total.